The summed E-state index contributed by atoms with van der Waals surface area (Å²) in [4.78, 5) is 13.6. The van der Waals surface area contributed by atoms with Gasteiger partial charge in [0.25, 0.3) is 10.0 Å². The highest BCUT2D eigenvalue weighted by atomic mass is 32.2. The summed E-state index contributed by atoms with van der Waals surface area (Å²) in [6.07, 6.45) is 6.76. The van der Waals surface area contributed by atoms with Gasteiger partial charge in [-0.2, -0.15) is 0 Å². The molecule has 0 amide bonds. The Hall–Kier alpha value is -3.33. The predicted octanol–water partition coefficient (Wildman–Crippen LogP) is 4.39. The first-order valence-electron chi connectivity index (χ1n) is 10.6. The van der Waals surface area contributed by atoms with Crippen molar-refractivity contribution in [3.8, 4) is 11.1 Å². The van der Waals surface area contributed by atoms with Gasteiger partial charge in [0.2, 0.25) is 0 Å². The summed E-state index contributed by atoms with van der Waals surface area (Å²) in [5.74, 6) is -1.17. The van der Waals surface area contributed by atoms with Gasteiger partial charge in [-0.05, 0) is 61.1 Å². The number of piperidine rings is 1. The minimum atomic E-state index is -4.04. The summed E-state index contributed by atoms with van der Waals surface area (Å²) >= 11 is 0. The lowest BCUT2D eigenvalue weighted by Gasteiger charge is -2.31. The first-order chi connectivity index (χ1) is 15.4. The van der Waals surface area contributed by atoms with Crippen molar-refractivity contribution in [2.45, 2.75) is 37.5 Å². The second-order valence-electron chi connectivity index (χ2n) is 7.78. The lowest BCUT2D eigenvalue weighted by Crippen LogP contribution is -2.30. The molecule has 0 spiro atoms. The quantitative estimate of drug-likeness (QED) is 0.543. The number of carboxylic acid groups (broad SMARTS) is 1. The van der Waals surface area contributed by atoms with E-state index in [0.29, 0.717) is 17.7 Å². The number of hydrogen-bond acceptors (Lipinski definition) is 6. The first-order valence-corrected chi connectivity index (χ1v) is 12.0. The third kappa shape index (κ3) is 4.47. The number of rotatable bonds is 7. The van der Waals surface area contributed by atoms with Gasteiger partial charge in [0.1, 0.15) is 6.26 Å². The number of aromatic nitrogens is 1. The van der Waals surface area contributed by atoms with Crippen LogP contribution in [-0.2, 0) is 16.4 Å². The Morgan fingerprint density at radius 2 is 1.91 bits per heavy atom. The predicted molar refractivity (Wildman–Crippen MR) is 122 cm³/mol. The van der Waals surface area contributed by atoms with Crippen LogP contribution in [0.3, 0.4) is 0 Å². The summed E-state index contributed by atoms with van der Waals surface area (Å²) in [6.45, 7) is 3.52. The fraction of sp³-hybridized carbons (Fsp3) is 0.304. The molecule has 0 atom stereocenters. The number of carbonyl (C=O) groups is 1. The van der Waals surface area contributed by atoms with Crippen LogP contribution < -0.4 is 9.62 Å². The lowest BCUT2D eigenvalue weighted by atomic mass is 10.1. The Kier molecular flexibility index (Phi) is 6.18. The molecule has 32 heavy (non-hydrogen) atoms. The third-order valence-corrected chi connectivity index (χ3v) is 7.14. The fourth-order valence-electron chi connectivity index (χ4n) is 3.98. The molecule has 168 valence electrons. The van der Waals surface area contributed by atoms with E-state index in [4.69, 9.17) is 4.52 Å². The third-order valence-electron chi connectivity index (χ3n) is 5.69. The minimum absolute atomic E-state index is 0.0279. The average Bonchev–Trinajstić information content (AvgIpc) is 3.34. The molecule has 2 aromatic carbocycles. The monoisotopic (exact) mass is 455 g/mol. The molecule has 1 aliphatic heterocycles. The zero-order valence-electron chi connectivity index (χ0n) is 17.7. The van der Waals surface area contributed by atoms with Gasteiger partial charge in [-0.25, -0.2) is 13.2 Å². The van der Waals surface area contributed by atoms with Crippen molar-refractivity contribution in [3.63, 3.8) is 0 Å². The highest BCUT2D eigenvalue weighted by molar-refractivity contribution is 7.92. The number of carboxylic acids is 1. The molecule has 1 fully saturated rings. The molecule has 0 aliphatic carbocycles. The normalized spacial score (nSPS) is 14.3. The van der Waals surface area contributed by atoms with E-state index in [1.54, 1.807) is 18.3 Å². The van der Waals surface area contributed by atoms with Crippen molar-refractivity contribution in [2.24, 2.45) is 0 Å². The molecule has 3 aromatic rings. The van der Waals surface area contributed by atoms with Gasteiger partial charge < -0.3 is 14.5 Å². The van der Waals surface area contributed by atoms with E-state index >= 15 is 0 Å². The van der Waals surface area contributed by atoms with Gasteiger partial charge in [-0.3, -0.25) is 4.72 Å². The van der Waals surface area contributed by atoms with E-state index in [2.05, 4.69) is 14.8 Å². The van der Waals surface area contributed by atoms with E-state index in [1.807, 2.05) is 19.1 Å². The lowest BCUT2D eigenvalue weighted by molar-refractivity contribution is 0.0696. The van der Waals surface area contributed by atoms with Gasteiger partial charge >= 0.3 is 5.97 Å². The van der Waals surface area contributed by atoms with Crippen LogP contribution in [0.2, 0.25) is 0 Å². The molecule has 4 rings (SSSR count). The summed E-state index contributed by atoms with van der Waals surface area (Å²) in [7, 11) is -4.04. The summed E-state index contributed by atoms with van der Waals surface area (Å²) in [6, 6.07) is 9.77. The molecule has 0 unspecified atom stereocenters. The van der Waals surface area contributed by atoms with Gasteiger partial charge in [-0.15, -0.1) is 0 Å². The smallest absolute Gasteiger partial charge is 0.335 e. The Morgan fingerprint density at radius 3 is 2.56 bits per heavy atom. The Labute approximate surface area is 186 Å². The summed E-state index contributed by atoms with van der Waals surface area (Å²) in [5, 5.41) is 13.1. The molecule has 1 saturated heterocycles. The molecular weight excluding hydrogens is 430 g/mol. The molecule has 1 aliphatic rings. The van der Waals surface area contributed by atoms with Crippen LogP contribution in [-0.4, -0.2) is 37.7 Å². The number of aryl methyl sites for hydroxylation is 1. The highest BCUT2D eigenvalue weighted by Gasteiger charge is 2.24. The number of sulfonamides is 1. The van der Waals surface area contributed by atoms with Gasteiger partial charge in [-0.1, -0.05) is 24.2 Å². The zero-order valence-corrected chi connectivity index (χ0v) is 18.6. The van der Waals surface area contributed by atoms with E-state index in [-0.39, 0.29) is 10.5 Å². The molecule has 9 heteroatoms. The van der Waals surface area contributed by atoms with Crippen LogP contribution in [0.25, 0.3) is 11.1 Å². The second-order valence-corrected chi connectivity index (χ2v) is 9.43. The Balaban J connectivity index is 1.78. The van der Waals surface area contributed by atoms with Crippen molar-refractivity contribution in [2.75, 3.05) is 22.7 Å². The van der Waals surface area contributed by atoms with E-state index in [0.717, 1.165) is 49.2 Å². The SMILES string of the molecule is CCc1ccc(C(=O)O)cc1S(=O)(=O)Nc1cc(-c2cnoc2)ccc1N1CCCCC1. The maximum absolute atomic E-state index is 13.4. The maximum Gasteiger partial charge on any atom is 0.335 e. The Morgan fingerprint density at radius 1 is 1.12 bits per heavy atom. The number of nitrogens with one attached hydrogen (secondary N) is 1. The van der Waals surface area contributed by atoms with Crippen molar-refractivity contribution in [1.29, 1.82) is 0 Å². The molecule has 8 nitrogen and oxygen atoms in total. The van der Waals surface area contributed by atoms with E-state index in [9.17, 15) is 18.3 Å². The van der Waals surface area contributed by atoms with Crippen LogP contribution >= 0.6 is 0 Å². The van der Waals surface area contributed by atoms with Gasteiger partial charge in [0, 0.05) is 18.7 Å². The maximum atomic E-state index is 13.4. The first kappa shape index (κ1) is 21.9. The van der Waals surface area contributed by atoms with Crippen LogP contribution in [0, 0.1) is 0 Å². The number of benzene rings is 2. The Bertz CT molecular complexity index is 1220. The zero-order chi connectivity index (χ0) is 22.7. The molecule has 0 radical (unpaired) electrons. The van der Waals surface area contributed by atoms with Gasteiger partial charge in [0.15, 0.2) is 0 Å². The second kappa shape index (κ2) is 9.04. The highest BCUT2D eigenvalue weighted by Crippen LogP contribution is 2.35. The molecular formula is C23H25N3O5S. The molecule has 1 aromatic heterocycles. The average molecular weight is 456 g/mol. The largest absolute Gasteiger partial charge is 0.478 e. The van der Waals surface area contributed by atoms with Crippen LogP contribution in [0.5, 0.6) is 0 Å². The topological polar surface area (TPSA) is 113 Å². The number of aromatic carboxylic acids is 1. The van der Waals surface area contributed by atoms with Crippen molar-refractivity contribution >= 4 is 27.4 Å². The van der Waals surface area contributed by atoms with Crippen molar-refractivity contribution in [1.82, 2.24) is 5.16 Å². The van der Waals surface area contributed by atoms with Crippen molar-refractivity contribution in [3.05, 3.63) is 60.0 Å². The van der Waals surface area contributed by atoms with E-state index in [1.165, 1.54) is 18.4 Å². The van der Waals surface area contributed by atoms with E-state index < -0.39 is 16.0 Å². The molecule has 0 saturated carbocycles. The minimum Gasteiger partial charge on any atom is -0.478 e. The van der Waals surface area contributed by atoms with Crippen molar-refractivity contribution < 1.29 is 22.8 Å². The summed E-state index contributed by atoms with van der Waals surface area (Å²) < 4.78 is 34.5. The fourth-order valence-corrected chi connectivity index (χ4v) is 5.39. The summed E-state index contributed by atoms with van der Waals surface area (Å²) in [5.41, 5.74) is 3.21. The molecule has 0 bridgehead atoms. The number of nitrogens with zero attached hydrogens (tertiary/aromatic N) is 2. The van der Waals surface area contributed by atoms with Gasteiger partial charge in [0.05, 0.1) is 28.0 Å². The molecule has 2 N–H and O–H groups in total. The number of hydrogen-bond donors (Lipinski definition) is 2. The molecule has 2 heterocycles. The van der Waals surface area contributed by atoms with Crippen LogP contribution in [0.15, 0.2) is 58.3 Å². The number of anilines is 2. The van der Waals surface area contributed by atoms with Crippen LogP contribution in [0.1, 0.15) is 42.1 Å². The van der Waals surface area contributed by atoms with Crippen LogP contribution in [0.4, 0.5) is 11.4 Å². The standard InChI is InChI=1S/C23H25N3O5S/c1-2-16-6-7-18(23(27)28)13-22(16)32(29,30)25-20-12-17(19-14-24-31-15-19)8-9-21(20)26-10-4-3-5-11-26/h6-9,12-15,25H,2-5,10-11H2,1H3,(H,27,28).